The second-order valence-corrected chi connectivity index (χ2v) is 13.1. The molecule has 0 bridgehead atoms. The highest BCUT2D eigenvalue weighted by molar-refractivity contribution is 6.14. The van der Waals surface area contributed by atoms with Crippen LogP contribution in [0.4, 0.5) is 0 Å². The smallest absolute Gasteiger partial charge is 0.162 e. The number of hydrogen-bond donors (Lipinski definition) is 0. The summed E-state index contributed by atoms with van der Waals surface area (Å²) < 4.78 is 4.70. The fraction of sp³-hybridized carbons (Fsp3) is 0. The molecule has 0 aliphatic heterocycles. The first-order chi connectivity index (χ1) is 24.8. The van der Waals surface area contributed by atoms with Crippen molar-refractivity contribution in [2.24, 2.45) is 0 Å². The van der Waals surface area contributed by atoms with E-state index >= 15 is 0 Å². The Hall–Kier alpha value is -6.78. The van der Waals surface area contributed by atoms with E-state index in [1.54, 1.807) is 0 Å². The Morgan fingerprint density at radius 2 is 0.920 bits per heavy atom. The van der Waals surface area contributed by atoms with E-state index in [2.05, 4.69) is 179 Å². The minimum Gasteiger partial charge on any atom is -0.309 e. The Bertz CT molecular complexity index is 3160. The Labute approximate surface area is 287 Å². The number of benzene rings is 8. The average molecular weight is 637 g/mol. The summed E-state index contributed by atoms with van der Waals surface area (Å²) in [4.78, 5) is 10.6. The fourth-order valence-electron chi connectivity index (χ4n) is 7.95. The van der Waals surface area contributed by atoms with Crippen molar-refractivity contribution >= 4 is 76.1 Å². The molecule has 0 fully saturated rings. The second kappa shape index (κ2) is 10.4. The van der Waals surface area contributed by atoms with E-state index in [0.717, 1.165) is 44.5 Å². The summed E-state index contributed by atoms with van der Waals surface area (Å²) in [6.45, 7) is 0. The van der Waals surface area contributed by atoms with Gasteiger partial charge in [-0.1, -0.05) is 103 Å². The second-order valence-electron chi connectivity index (χ2n) is 13.1. The molecule has 0 saturated heterocycles. The molecule has 0 N–H and O–H groups in total. The third-order valence-electron chi connectivity index (χ3n) is 10.3. The van der Waals surface area contributed by atoms with Crippen molar-refractivity contribution in [2.75, 3.05) is 0 Å². The van der Waals surface area contributed by atoms with Gasteiger partial charge in [0.15, 0.2) is 5.82 Å². The van der Waals surface area contributed by atoms with Crippen molar-refractivity contribution in [3.8, 4) is 22.9 Å². The molecule has 232 valence electrons. The van der Waals surface area contributed by atoms with Crippen molar-refractivity contribution in [2.45, 2.75) is 0 Å². The van der Waals surface area contributed by atoms with Gasteiger partial charge in [0.1, 0.15) is 5.82 Å². The van der Waals surface area contributed by atoms with Gasteiger partial charge in [0.2, 0.25) is 0 Å². The van der Waals surface area contributed by atoms with E-state index < -0.39 is 0 Å². The molecule has 0 aliphatic carbocycles. The van der Waals surface area contributed by atoms with Gasteiger partial charge in [-0.25, -0.2) is 9.97 Å². The van der Waals surface area contributed by atoms with Gasteiger partial charge in [0.25, 0.3) is 0 Å². The zero-order chi connectivity index (χ0) is 32.8. The molecular formula is C46H28N4. The number of fused-ring (bicyclic) bond motifs is 9. The van der Waals surface area contributed by atoms with Crippen molar-refractivity contribution < 1.29 is 0 Å². The van der Waals surface area contributed by atoms with Crippen LogP contribution in [0.15, 0.2) is 170 Å². The molecule has 4 heteroatoms. The van der Waals surface area contributed by atoms with Crippen LogP contribution in [0.5, 0.6) is 0 Å². The molecule has 0 spiro atoms. The molecule has 0 saturated carbocycles. The highest BCUT2D eigenvalue weighted by Gasteiger charge is 2.19. The first-order valence-electron chi connectivity index (χ1n) is 17.0. The summed E-state index contributed by atoms with van der Waals surface area (Å²) in [6.07, 6.45) is 0. The summed E-state index contributed by atoms with van der Waals surface area (Å²) in [5, 5.41) is 10.7. The van der Waals surface area contributed by atoms with Gasteiger partial charge in [0.05, 0.1) is 27.6 Å². The third kappa shape index (κ3) is 3.93. The summed E-state index contributed by atoms with van der Waals surface area (Å²) in [5.41, 5.74) is 7.63. The van der Waals surface area contributed by atoms with Crippen LogP contribution in [0.25, 0.3) is 99.0 Å². The topological polar surface area (TPSA) is 35.6 Å². The molecular weight excluding hydrogens is 609 g/mol. The molecule has 3 aromatic heterocycles. The van der Waals surface area contributed by atoms with Gasteiger partial charge < -0.3 is 4.57 Å². The lowest BCUT2D eigenvalue weighted by Gasteiger charge is -2.13. The number of rotatable bonds is 3. The quantitative estimate of drug-likeness (QED) is 0.193. The van der Waals surface area contributed by atoms with Crippen LogP contribution in [0.3, 0.4) is 0 Å². The van der Waals surface area contributed by atoms with Crippen LogP contribution < -0.4 is 0 Å². The van der Waals surface area contributed by atoms with Gasteiger partial charge >= 0.3 is 0 Å². The average Bonchev–Trinajstić information content (AvgIpc) is 3.68. The largest absolute Gasteiger partial charge is 0.309 e. The Balaban J connectivity index is 1.17. The summed E-state index contributed by atoms with van der Waals surface area (Å²) in [7, 11) is 0. The lowest BCUT2D eigenvalue weighted by atomic mass is 10.1. The molecule has 0 atom stereocenters. The molecule has 8 aromatic carbocycles. The van der Waals surface area contributed by atoms with E-state index in [9.17, 15) is 0 Å². The van der Waals surface area contributed by atoms with Crippen molar-refractivity contribution in [3.05, 3.63) is 170 Å². The molecule has 0 radical (unpaired) electrons. The molecule has 50 heavy (non-hydrogen) atoms. The normalized spacial score (nSPS) is 12.0. The minimum absolute atomic E-state index is 0.704. The fourth-order valence-corrected chi connectivity index (χ4v) is 7.95. The lowest BCUT2D eigenvalue weighted by molar-refractivity contribution is 1.08. The van der Waals surface area contributed by atoms with Crippen molar-refractivity contribution in [1.82, 2.24) is 19.1 Å². The maximum atomic E-state index is 5.42. The molecule has 0 unspecified atom stereocenters. The Morgan fingerprint density at radius 1 is 0.340 bits per heavy atom. The molecule has 4 nitrogen and oxygen atoms in total. The first-order valence-corrected chi connectivity index (χ1v) is 17.0. The first kappa shape index (κ1) is 27.2. The van der Waals surface area contributed by atoms with Crippen molar-refractivity contribution in [1.29, 1.82) is 0 Å². The van der Waals surface area contributed by atoms with Crippen LogP contribution in [0.1, 0.15) is 0 Å². The number of nitrogens with zero attached hydrogens (tertiary/aromatic N) is 4. The van der Waals surface area contributed by atoms with Crippen LogP contribution in [-0.4, -0.2) is 19.1 Å². The summed E-state index contributed by atoms with van der Waals surface area (Å²) >= 11 is 0. The van der Waals surface area contributed by atoms with Gasteiger partial charge in [-0.05, 0) is 88.3 Å². The minimum atomic E-state index is 0.704. The molecule has 11 aromatic rings. The van der Waals surface area contributed by atoms with Crippen LogP contribution >= 0.6 is 0 Å². The Morgan fingerprint density at radius 3 is 1.70 bits per heavy atom. The molecule has 0 aliphatic rings. The standard InChI is InChI=1S/C46H28N4/c1-2-12-30-25-34(23-21-29(30)11-1)49-41-19-9-6-15-35(41)38-27-33(22-24-43(38)49)45-47-40-18-8-5-17-37(40)46(48-45)50-42-20-10-7-16-36(42)39-26-31-13-3-4-14-32(31)28-44(39)50/h1-28H. The van der Waals surface area contributed by atoms with Gasteiger partial charge in [0, 0.05) is 38.2 Å². The van der Waals surface area contributed by atoms with Crippen molar-refractivity contribution in [3.63, 3.8) is 0 Å². The van der Waals surface area contributed by atoms with Gasteiger partial charge in [-0.15, -0.1) is 0 Å². The lowest BCUT2D eigenvalue weighted by Crippen LogP contribution is -2.02. The van der Waals surface area contributed by atoms with Gasteiger partial charge in [-0.3, -0.25) is 4.57 Å². The highest BCUT2D eigenvalue weighted by Crippen LogP contribution is 2.38. The van der Waals surface area contributed by atoms with E-state index in [1.807, 2.05) is 0 Å². The third-order valence-corrected chi connectivity index (χ3v) is 10.3. The van der Waals surface area contributed by atoms with E-state index in [0.29, 0.717) is 5.82 Å². The summed E-state index contributed by atoms with van der Waals surface area (Å²) in [6, 6.07) is 60.8. The summed E-state index contributed by atoms with van der Waals surface area (Å²) in [5.74, 6) is 1.58. The molecule has 3 heterocycles. The van der Waals surface area contributed by atoms with E-state index in [1.165, 1.54) is 48.6 Å². The maximum Gasteiger partial charge on any atom is 0.162 e. The molecule has 11 rings (SSSR count). The predicted molar refractivity (Wildman–Crippen MR) is 209 cm³/mol. The number of hydrogen-bond acceptors (Lipinski definition) is 2. The van der Waals surface area contributed by atoms with E-state index in [4.69, 9.17) is 9.97 Å². The number of para-hydroxylation sites is 3. The van der Waals surface area contributed by atoms with Gasteiger partial charge in [-0.2, -0.15) is 0 Å². The SMILES string of the molecule is c1ccc2cc(-n3c4ccccc4c4cc(-c5nc(-n6c7ccccc7c7cc8ccccc8cc76)c6ccccc6n5)ccc43)ccc2c1. The maximum absolute atomic E-state index is 5.42. The zero-order valence-electron chi connectivity index (χ0n) is 27.0. The van der Waals surface area contributed by atoms with E-state index in [-0.39, 0.29) is 0 Å². The molecule has 0 amide bonds. The number of aromatic nitrogens is 4. The predicted octanol–water partition coefficient (Wildman–Crippen LogP) is 11.8. The van der Waals surface area contributed by atoms with Crippen LogP contribution in [0, 0.1) is 0 Å². The monoisotopic (exact) mass is 636 g/mol. The Kier molecular flexibility index (Phi) is 5.63. The highest BCUT2D eigenvalue weighted by atomic mass is 15.1. The zero-order valence-corrected chi connectivity index (χ0v) is 27.0. The van der Waals surface area contributed by atoms with Crippen LogP contribution in [-0.2, 0) is 0 Å². The van der Waals surface area contributed by atoms with Crippen LogP contribution in [0.2, 0.25) is 0 Å².